The van der Waals surface area contributed by atoms with E-state index in [1.807, 2.05) is 6.20 Å². The molecule has 1 amide bonds. The van der Waals surface area contributed by atoms with Gasteiger partial charge in [0.25, 0.3) is 5.91 Å². The fourth-order valence-corrected chi connectivity index (χ4v) is 3.25. The first-order chi connectivity index (χ1) is 17.0. The zero-order valence-electron chi connectivity index (χ0n) is 19.3. The molecule has 1 aromatic carbocycles. The van der Waals surface area contributed by atoms with Crippen molar-refractivity contribution in [3.63, 3.8) is 0 Å². The van der Waals surface area contributed by atoms with Crippen LogP contribution in [0.3, 0.4) is 0 Å². The SMILES string of the molecule is Cc1ccc(NC(=O)c2cc(-c3cnc(N4CCOCC4)nc3)cn2C)c(F)c1.O=C(O)C(F)(F)F. The molecule has 0 atom stereocenters. The zero-order chi connectivity index (χ0) is 26.5. The number of hydrogen-bond acceptors (Lipinski definition) is 6. The molecule has 1 saturated heterocycles. The number of benzene rings is 1. The van der Waals surface area contributed by atoms with Crippen LogP contribution in [0.15, 0.2) is 42.9 Å². The summed E-state index contributed by atoms with van der Waals surface area (Å²) in [5.74, 6) is -2.93. The molecule has 2 aromatic heterocycles. The van der Waals surface area contributed by atoms with Gasteiger partial charge in [-0.15, -0.1) is 0 Å². The Bertz CT molecular complexity index is 1220. The number of carbonyl (C=O) groups is 2. The largest absolute Gasteiger partial charge is 0.490 e. The Morgan fingerprint density at radius 2 is 1.69 bits per heavy atom. The van der Waals surface area contributed by atoms with Gasteiger partial charge in [0.15, 0.2) is 0 Å². The summed E-state index contributed by atoms with van der Waals surface area (Å²) >= 11 is 0. The van der Waals surface area contributed by atoms with E-state index in [-0.39, 0.29) is 11.6 Å². The van der Waals surface area contributed by atoms with E-state index in [4.69, 9.17) is 14.6 Å². The molecule has 3 aromatic rings. The number of alkyl halides is 3. The molecule has 1 fully saturated rings. The lowest BCUT2D eigenvalue weighted by Crippen LogP contribution is -2.37. The Morgan fingerprint density at radius 3 is 2.25 bits per heavy atom. The summed E-state index contributed by atoms with van der Waals surface area (Å²) in [5, 5.41) is 9.75. The van der Waals surface area contributed by atoms with Crippen molar-refractivity contribution in [3.8, 4) is 11.1 Å². The first-order valence-electron chi connectivity index (χ1n) is 10.6. The molecule has 0 aliphatic carbocycles. The van der Waals surface area contributed by atoms with Crippen molar-refractivity contribution in [2.75, 3.05) is 36.5 Å². The molecular weight excluding hydrogens is 486 g/mol. The minimum Gasteiger partial charge on any atom is -0.475 e. The topological polar surface area (TPSA) is 110 Å². The number of carboxylic acids is 1. The van der Waals surface area contributed by atoms with Gasteiger partial charge in [0.05, 0.1) is 18.9 Å². The van der Waals surface area contributed by atoms with E-state index in [1.54, 1.807) is 49.1 Å². The molecule has 0 spiro atoms. The van der Waals surface area contributed by atoms with E-state index in [1.165, 1.54) is 6.07 Å². The number of aromatic nitrogens is 3. The van der Waals surface area contributed by atoms with Crippen LogP contribution in [-0.4, -0.2) is 64.0 Å². The number of nitrogens with zero attached hydrogens (tertiary/aromatic N) is 4. The minimum atomic E-state index is -5.08. The predicted molar refractivity (Wildman–Crippen MR) is 122 cm³/mol. The van der Waals surface area contributed by atoms with Gasteiger partial charge >= 0.3 is 12.1 Å². The highest BCUT2D eigenvalue weighted by molar-refractivity contribution is 6.04. The third-order valence-electron chi connectivity index (χ3n) is 5.12. The fraction of sp³-hybridized carbons (Fsp3) is 0.304. The number of anilines is 2. The zero-order valence-corrected chi connectivity index (χ0v) is 19.3. The van der Waals surface area contributed by atoms with Gasteiger partial charge in [-0.1, -0.05) is 6.07 Å². The van der Waals surface area contributed by atoms with Gasteiger partial charge < -0.3 is 24.6 Å². The first kappa shape index (κ1) is 26.6. The molecule has 4 rings (SSSR count). The lowest BCUT2D eigenvalue weighted by molar-refractivity contribution is -0.192. The van der Waals surface area contributed by atoms with Crippen LogP contribution in [0.2, 0.25) is 0 Å². The standard InChI is InChI=1S/C21H22FN5O2.C2HF3O2/c1-14-3-4-18(17(22)9-14)25-20(28)19-10-15(13-26(19)2)16-11-23-21(24-12-16)27-5-7-29-8-6-27;3-2(4,5)1(6)7/h3-4,9-13H,5-8H2,1-2H3,(H,25,28);(H,6,7). The van der Waals surface area contributed by atoms with Crippen molar-refractivity contribution in [1.82, 2.24) is 14.5 Å². The Morgan fingerprint density at radius 1 is 1.08 bits per heavy atom. The number of carbonyl (C=O) groups excluding carboxylic acids is 1. The van der Waals surface area contributed by atoms with E-state index in [0.29, 0.717) is 24.9 Å². The van der Waals surface area contributed by atoms with Gasteiger partial charge in [0.1, 0.15) is 11.5 Å². The maximum Gasteiger partial charge on any atom is 0.490 e. The molecular formula is C23H23F4N5O4. The quantitative estimate of drug-likeness (QED) is 0.517. The van der Waals surface area contributed by atoms with Crippen LogP contribution in [0, 0.1) is 12.7 Å². The molecule has 0 saturated carbocycles. The number of aryl methyl sites for hydroxylation is 2. The summed E-state index contributed by atoms with van der Waals surface area (Å²) < 4.78 is 52.8. The molecule has 13 heteroatoms. The molecule has 2 N–H and O–H groups in total. The fourth-order valence-electron chi connectivity index (χ4n) is 3.25. The second-order valence-electron chi connectivity index (χ2n) is 7.84. The summed E-state index contributed by atoms with van der Waals surface area (Å²) in [6.07, 6.45) is 0.233. The van der Waals surface area contributed by atoms with Crippen LogP contribution in [0.5, 0.6) is 0 Å². The maximum atomic E-state index is 14.0. The first-order valence-corrected chi connectivity index (χ1v) is 10.6. The average Bonchev–Trinajstić information content (AvgIpc) is 3.23. The van der Waals surface area contributed by atoms with Gasteiger partial charge in [-0.3, -0.25) is 4.79 Å². The number of halogens is 4. The maximum absolute atomic E-state index is 14.0. The van der Waals surface area contributed by atoms with Crippen LogP contribution >= 0.6 is 0 Å². The highest BCUT2D eigenvalue weighted by atomic mass is 19.4. The minimum absolute atomic E-state index is 0.154. The Kier molecular flexibility index (Phi) is 8.25. The molecule has 192 valence electrons. The number of nitrogens with one attached hydrogen (secondary N) is 1. The van der Waals surface area contributed by atoms with Gasteiger partial charge in [-0.05, 0) is 30.7 Å². The van der Waals surface area contributed by atoms with Crippen molar-refractivity contribution in [2.45, 2.75) is 13.1 Å². The number of rotatable bonds is 4. The van der Waals surface area contributed by atoms with E-state index >= 15 is 0 Å². The number of aliphatic carboxylic acids is 1. The monoisotopic (exact) mass is 509 g/mol. The molecule has 0 unspecified atom stereocenters. The molecule has 9 nitrogen and oxygen atoms in total. The highest BCUT2D eigenvalue weighted by Gasteiger charge is 2.38. The van der Waals surface area contributed by atoms with Crippen LogP contribution in [0.4, 0.5) is 29.2 Å². The smallest absolute Gasteiger partial charge is 0.475 e. The highest BCUT2D eigenvalue weighted by Crippen LogP contribution is 2.23. The molecule has 0 radical (unpaired) electrons. The summed E-state index contributed by atoms with van der Waals surface area (Å²) in [5.41, 5.74) is 2.98. The van der Waals surface area contributed by atoms with Crippen LogP contribution < -0.4 is 10.2 Å². The van der Waals surface area contributed by atoms with E-state index < -0.39 is 18.0 Å². The van der Waals surface area contributed by atoms with Crippen LogP contribution in [0.1, 0.15) is 16.1 Å². The van der Waals surface area contributed by atoms with E-state index in [9.17, 15) is 22.4 Å². The molecule has 1 aliphatic heterocycles. The van der Waals surface area contributed by atoms with Gasteiger partial charge in [0.2, 0.25) is 5.95 Å². The number of morpholine rings is 1. The Labute approximate surface area is 203 Å². The van der Waals surface area contributed by atoms with E-state index in [0.717, 1.165) is 29.8 Å². The molecule has 0 bridgehead atoms. The van der Waals surface area contributed by atoms with Crippen molar-refractivity contribution < 1.29 is 37.0 Å². The summed E-state index contributed by atoms with van der Waals surface area (Å²) in [4.78, 5) is 32.5. The molecule has 1 aliphatic rings. The number of hydrogen-bond donors (Lipinski definition) is 2. The Balaban J connectivity index is 0.000000454. The summed E-state index contributed by atoms with van der Waals surface area (Å²) in [6, 6.07) is 6.45. The summed E-state index contributed by atoms with van der Waals surface area (Å²) in [7, 11) is 1.77. The second kappa shape index (κ2) is 11.2. The van der Waals surface area contributed by atoms with Crippen LogP contribution in [-0.2, 0) is 16.6 Å². The van der Waals surface area contributed by atoms with Crippen molar-refractivity contribution in [3.05, 3.63) is 59.9 Å². The van der Waals surface area contributed by atoms with Gasteiger partial charge in [-0.2, -0.15) is 13.2 Å². The lowest BCUT2D eigenvalue weighted by atomic mass is 10.2. The van der Waals surface area contributed by atoms with Gasteiger partial charge in [-0.25, -0.2) is 19.2 Å². The van der Waals surface area contributed by atoms with Crippen molar-refractivity contribution >= 4 is 23.5 Å². The Hall–Kier alpha value is -4.00. The number of carboxylic acid groups (broad SMARTS) is 1. The molecule has 36 heavy (non-hydrogen) atoms. The number of amides is 1. The number of ether oxygens (including phenoxy) is 1. The summed E-state index contributed by atoms with van der Waals surface area (Å²) in [6.45, 7) is 4.67. The third-order valence-corrected chi connectivity index (χ3v) is 5.12. The normalized spacial score (nSPS) is 13.6. The van der Waals surface area contributed by atoms with Crippen molar-refractivity contribution in [2.24, 2.45) is 7.05 Å². The third kappa shape index (κ3) is 6.78. The second-order valence-corrected chi connectivity index (χ2v) is 7.84. The average molecular weight is 509 g/mol. The lowest BCUT2D eigenvalue weighted by Gasteiger charge is -2.26. The van der Waals surface area contributed by atoms with Crippen molar-refractivity contribution in [1.29, 1.82) is 0 Å². The van der Waals surface area contributed by atoms with Gasteiger partial charge in [0, 0.05) is 49.9 Å². The van der Waals surface area contributed by atoms with E-state index in [2.05, 4.69) is 20.2 Å². The van der Waals surface area contributed by atoms with Crippen LogP contribution in [0.25, 0.3) is 11.1 Å². The molecule has 3 heterocycles. The predicted octanol–water partition coefficient (Wildman–Crippen LogP) is 3.65.